The number of rotatable bonds is 4. The van der Waals surface area contributed by atoms with Gasteiger partial charge in [0.05, 0.1) is 17.4 Å². The molecule has 0 aliphatic heterocycles. The fourth-order valence-corrected chi connectivity index (χ4v) is 2.28. The molecule has 7 nitrogen and oxygen atoms in total. The molecule has 0 amide bonds. The van der Waals surface area contributed by atoms with Gasteiger partial charge in [-0.05, 0) is 11.5 Å². The van der Waals surface area contributed by atoms with Crippen LogP contribution in [0.5, 0.6) is 11.5 Å². The Labute approximate surface area is 127 Å². The van der Waals surface area contributed by atoms with E-state index in [1.54, 1.807) is 0 Å². The zero-order valence-corrected chi connectivity index (χ0v) is 12.1. The van der Waals surface area contributed by atoms with Gasteiger partial charge >= 0.3 is 15.6 Å². The number of nitrogens with zero attached hydrogens (tertiary/aromatic N) is 1. The average Bonchev–Trinajstić information content (AvgIpc) is 2.44. The Bertz CT molecular complexity index is 878. The largest absolute Gasteiger partial charge is 0.534 e. The molecule has 0 aromatic heterocycles. The summed E-state index contributed by atoms with van der Waals surface area (Å²) in [6, 6.07) is 5.90. The molecule has 0 radical (unpaired) electrons. The zero-order valence-electron chi connectivity index (χ0n) is 11.3. The summed E-state index contributed by atoms with van der Waals surface area (Å²) in [5, 5.41) is 11.1. The van der Waals surface area contributed by atoms with E-state index in [0.717, 1.165) is 25.3 Å². The fourth-order valence-electron chi connectivity index (χ4n) is 1.82. The summed E-state index contributed by atoms with van der Waals surface area (Å²) < 4.78 is 68.3. The molecule has 0 heterocycles. The van der Waals surface area contributed by atoms with Crippen molar-refractivity contribution in [2.75, 3.05) is 7.11 Å². The number of hydrogen-bond acceptors (Lipinski definition) is 6. The monoisotopic (exact) mass is 351 g/mol. The van der Waals surface area contributed by atoms with E-state index in [1.165, 1.54) is 12.1 Å². The number of halogens is 3. The van der Waals surface area contributed by atoms with E-state index < -0.39 is 32.0 Å². The first-order valence-corrected chi connectivity index (χ1v) is 7.23. The molecule has 0 N–H and O–H groups in total. The van der Waals surface area contributed by atoms with Gasteiger partial charge in [0.2, 0.25) is 0 Å². The number of nitro groups is 1. The number of alkyl halides is 3. The van der Waals surface area contributed by atoms with Crippen molar-refractivity contribution in [2.24, 2.45) is 0 Å². The van der Waals surface area contributed by atoms with E-state index in [1.807, 2.05) is 0 Å². The summed E-state index contributed by atoms with van der Waals surface area (Å²) in [6.07, 6.45) is 0. The zero-order chi connectivity index (χ0) is 17.4. The van der Waals surface area contributed by atoms with Crippen LogP contribution in [-0.2, 0) is 10.1 Å². The fraction of sp³-hybridized carbons (Fsp3) is 0.167. The van der Waals surface area contributed by atoms with E-state index in [-0.39, 0.29) is 16.5 Å². The van der Waals surface area contributed by atoms with Gasteiger partial charge in [-0.3, -0.25) is 10.1 Å². The lowest BCUT2D eigenvalue weighted by Crippen LogP contribution is -2.28. The Morgan fingerprint density at radius 2 is 1.83 bits per heavy atom. The van der Waals surface area contributed by atoms with Crippen LogP contribution in [-0.4, -0.2) is 26.0 Å². The van der Waals surface area contributed by atoms with Gasteiger partial charge in [0.25, 0.3) is 5.69 Å². The molecule has 2 rings (SSSR count). The van der Waals surface area contributed by atoms with Gasteiger partial charge < -0.3 is 8.92 Å². The summed E-state index contributed by atoms with van der Waals surface area (Å²) in [5.41, 5.74) is -6.06. The number of fused-ring (bicyclic) bond motifs is 1. The minimum atomic E-state index is -5.93. The molecule has 0 aliphatic rings. The SMILES string of the molecule is COc1cc2cccc([N+](=O)[O-])c2cc1OS(=O)(=O)C(F)(F)F. The standard InChI is InChI=1S/C12H8F3NO6S/c1-21-10-5-7-3-2-4-9(16(17)18)8(7)6-11(10)22-23(19,20)12(13,14)15/h2-6H,1H3. The second-order valence-electron chi connectivity index (χ2n) is 4.24. The summed E-state index contributed by atoms with van der Waals surface area (Å²) in [5.74, 6) is -1.11. The third kappa shape index (κ3) is 3.13. The van der Waals surface area contributed by atoms with Crippen LogP contribution in [0.3, 0.4) is 0 Å². The average molecular weight is 351 g/mol. The number of methoxy groups -OCH3 is 1. The molecule has 23 heavy (non-hydrogen) atoms. The van der Waals surface area contributed by atoms with E-state index in [2.05, 4.69) is 4.18 Å². The van der Waals surface area contributed by atoms with Crippen molar-refractivity contribution in [3.05, 3.63) is 40.4 Å². The van der Waals surface area contributed by atoms with Gasteiger partial charge in [0, 0.05) is 12.1 Å². The molecular weight excluding hydrogens is 343 g/mol. The molecular formula is C12H8F3NO6S. The number of nitro benzene ring substituents is 1. The first-order valence-electron chi connectivity index (χ1n) is 5.83. The van der Waals surface area contributed by atoms with Crippen LogP contribution in [0.2, 0.25) is 0 Å². The highest BCUT2D eigenvalue weighted by Gasteiger charge is 2.49. The van der Waals surface area contributed by atoms with E-state index >= 15 is 0 Å². The van der Waals surface area contributed by atoms with E-state index in [4.69, 9.17) is 4.74 Å². The molecule has 2 aromatic rings. The highest BCUT2D eigenvalue weighted by atomic mass is 32.2. The molecule has 0 atom stereocenters. The Kier molecular flexibility index (Phi) is 4.07. The molecule has 124 valence electrons. The van der Waals surface area contributed by atoms with Crippen molar-refractivity contribution < 1.29 is 35.4 Å². The number of ether oxygens (including phenoxy) is 1. The van der Waals surface area contributed by atoms with Crippen molar-refractivity contribution in [1.82, 2.24) is 0 Å². The van der Waals surface area contributed by atoms with Crippen LogP contribution in [0.1, 0.15) is 0 Å². The van der Waals surface area contributed by atoms with Gasteiger partial charge in [-0.25, -0.2) is 0 Å². The number of benzene rings is 2. The van der Waals surface area contributed by atoms with Crippen LogP contribution >= 0.6 is 0 Å². The van der Waals surface area contributed by atoms with Crippen molar-refractivity contribution in [3.63, 3.8) is 0 Å². The summed E-state index contributed by atoms with van der Waals surface area (Å²) >= 11 is 0. The Morgan fingerprint density at radius 3 is 2.35 bits per heavy atom. The van der Waals surface area contributed by atoms with Crippen LogP contribution in [0, 0.1) is 10.1 Å². The van der Waals surface area contributed by atoms with Crippen molar-refractivity contribution in [3.8, 4) is 11.5 Å². The highest BCUT2D eigenvalue weighted by Crippen LogP contribution is 2.38. The second-order valence-corrected chi connectivity index (χ2v) is 5.78. The van der Waals surface area contributed by atoms with Crippen molar-refractivity contribution >= 4 is 26.6 Å². The van der Waals surface area contributed by atoms with Gasteiger partial charge in [0.1, 0.15) is 0 Å². The Hall–Kier alpha value is -2.56. The second kappa shape index (κ2) is 5.57. The van der Waals surface area contributed by atoms with Crippen molar-refractivity contribution in [2.45, 2.75) is 5.51 Å². The quantitative estimate of drug-likeness (QED) is 0.364. The highest BCUT2D eigenvalue weighted by molar-refractivity contribution is 7.88. The van der Waals surface area contributed by atoms with Gasteiger partial charge in [-0.15, -0.1) is 0 Å². The number of hydrogen-bond donors (Lipinski definition) is 0. The predicted molar refractivity (Wildman–Crippen MR) is 72.8 cm³/mol. The molecule has 0 aliphatic carbocycles. The molecule has 2 aromatic carbocycles. The van der Waals surface area contributed by atoms with Crippen LogP contribution in [0.4, 0.5) is 18.9 Å². The molecule has 0 spiro atoms. The molecule has 0 bridgehead atoms. The lowest BCUT2D eigenvalue weighted by atomic mass is 10.1. The van der Waals surface area contributed by atoms with Crippen molar-refractivity contribution in [1.29, 1.82) is 0 Å². The Balaban J connectivity index is 2.68. The first kappa shape index (κ1) is 16.8. The normalized spacial score (nSPS) is 12.2. The lowest BCUT2D eigenvalue weighted by Gasteiger charge is -2.13. The molecule has 11 heteroatoms. The third-order valence-corrected chi connectivity index (χ3v) is 3.79. The molecule has 0 saturated carbocycles. The van der Waals surface area contributed by atoms with Crippen LogP contribution < -0.4 is 8.92 Å². The van der Waals surface area contributed by atoms with Gasteiger partial charge in [-0.1, -0.05) is 12.1 Å². The maximum absolute atomic E-state index is 12.4. The molecule has 0 saturated heterocycles. The first-order chi connectivity index (χ1) is 10.6. The van der Waals surface area contributed by atoms with Crippen LogP contribution in [0.25, 0.3) is 10.8 Å². The minimum absolute atomic E-state index is 0.0920. The number of non-ortho nitro benzene ring substituents is 1. The summed E-state index contributed by atoms with van der Waals surface area (Å²) in [6.45, 7) is 0. The molecule has 0 fully saturated rings. The van der Waals surface area contributed by atoms with E-state index in [9.17, 15) is 31.7 Å². The third-order valence-electron chi connectivity index (χ3n) is 2.82. The summed E-state index contributed by atoms with van der Waals surface area (Å²) in [7, 11) is -4.85. The van der Waals surface area contributed by atoms with Gasteiger partial charge in [0.15, 0.2) is 11.5 Å². The van der Waals surface area contributed by atoms with Crippen LogP contribution in [0.15, 0.2) is 30.3 Å². The molecule has 0 unspecified atom stereocenters. The predicted octanol–water partition coefficient (Wildman–Crippen LogP) is 2.99. The smallest absolute Gasteiger partial charge is 0.493 e. The lowest BCUT2D eigenvalue weighted by molar-refractivity contribution is -0.383. The van der Waals surface area contributed by atoms with E-state index in [0.29, 0.717) is 0 Å². The van der Waals surface area contributed by atoms with Gasteiger partial charge in [-0.2, -0.15) is 21.6 Å². The Morgan fingerprint density at radius 1 is 1.17 bits per heavy atom. The maximum atomic E-state index is 12.4. The maximum Gasteiger partial charge on any atom is 0.534 e. The minimum Gasteiger partial charge on any atom is -0.493 e. The summed E-state index contributed by atoms with van der Waals surface area (Å²) in [4.78, 5) is 10.2. The topological polar surface area (TPSA) is 95.7 Å².